The zero-order valence-electron chi connectivity index (χ0n) is 16.6. The molecule has 0 aromatic heterocycles. The summed E-state index contributed by atoms with van der Waals surface area (Å²) in [4.78, 5) is 24.1. The van der Waals surface area contributed by atoms with Crippen LogP contribution in [-0.4, -0.2) is 37.4 Å². The quantitative estimate of drug-likeness (QED) is 0.731. The fraction of sp³-hybridized carbons (Fsp3) is 0.619. The lowest BCUT2D eigenvalue weighted by Gasteiger charge is -2.37. The summed E-state index contributed by atoms with van der Waals surface area (Å²) in [6.45, 7) is 7.52. The maximum Gasteiger partial charge on any atom is 0.407 e. The number of carbonyl (C=O) groups is 2. The zero-order valence-corrected chi connectivity index (χ0v) is 16.6. The summed E-state index contributed by atoms with van der Waals surface area (Å²) in [5, 5.41) is 2.86. The van der Waals surface area contributed by atoms with Gasteiger partial charge in [-0.05, 0) is 51.0 Å². The predicted molar refractivity (Wildman–Crippen MR) is 102 cm³/mol. The van der Waals surface area contributed by atoms with E-state index in [-0.39, 0.29) is 18.0 Å². The molecular formula is C21H31NO5. The third kappa shape index (κ3) is 7.99. The number of alkyl carbamates (subject to hydrolysis) is 1. The second-order valence-electron chi connectivity index (χ2n) is 8.11. The molecule has 0 unspecified atom stereocenters. The Bertz CT molecular complexity index is 603. The van der Waals surface area contributed by atoms with E-state index in [1.54, 1.807) is 0 Å². The van der Waals surface area contributed by atoms with Crippen molar-refractivity contribution in [2.24, 2.45) is 5.41 Å². The van der Waals surface area contributed by atoms with Crippen LogP contribution in [0.15, 0.2) is 30.3 Å². The van der Waals surface area contributed by atoms with Gasteiger partial charge in [0.25, 0.3) is 0 Å². The molecule has 0 spiro atoms. The number of benzene rings is 1. The van der Waals surface area contributed by atoms with Crippen molar-refractivity contribution in [3.63, 3.8) is 0 Å². The molecule has 0 atom stereocenters. The summed E-state index contributed by atoms with van der Waals surface area (Å²) in [6.07, 6.45) is 2.14. The molecule has 1 fully saturated rings. The molecule has 0 radical (unpaired) electrons. The average molecular weight is 377 g/mol. The van der Waals surface area contributed by atoms with Gasteiger partial charge in [-0.2, -0.15) is 0 Å². The van der Waals surface area contributed by atoms with Crippen LogP contribution in [0.2, 0.25) is 0 Å². The Kier molecular flexibility index (Phi) is 7.66. The molecule has 0 saturated carbocycles. The number of esters is 1. The summed E-state index contributed by atoms with van der Waals surface area (Å²) in [6, 6.07) is 9.62. The summed E-state index contributed by atoms with van der Waals surface area (Å²) in [5.74, 6) is -0.220. The summed E-state index contributed by atoms with van der Waals surface area (Å²) < 4.78 is 16.2. The number of ether oxygens (including phenoxy) is 3. The maximum absolute atomic E-state index is 12.2. The normalized spacial score (nSPS) is 16.4. The van der Waals surface area contributed by atoms with Crippen LogP contribution in [-0.2, 0) is 25.6 Å². The van der Waals surface area contributed by atoms with Gasteiger partial charge in [0.1, 0.15) is 12.2 Å². The van der Waals surface area contributed by atoms with Crippen molar-refractivity contribution >= 4 is 12.1 Å². The minimum atomic E-state index is -0.534. The Morgan fingerprint density at radius 2 is 1.81 bits per heavy atom. The first kappa shape index (κ1) is 21.2. The largest absolute Gasteiger partial charge is 0.461 e. The maximum atomic E-state index is 12.2. The van der Waals surface area contributed by atoms with Gasteiger partial charge in [-0.1, -0.05) is 30.3 Å². The van der Waals surface area contributed by atoms with E-state index in [4.69, 9.17) is 14.2 Å². The van der Waals surface area contributed by atoms with E-state index in [1.807, 2.05) is 51.1 Å². The van der Waals surface area contributed by atoms with Gasteiger partial charge in [-0.15, -0.1) is 0 Å². The van der Waals surface area contributed by atoms with Crippen LogP contribution in [0.3, 0.4) is 0 Å². The van der Waals surface area contributed by atoms with Gasteiger partial charge < -0.3 is 19.5 Å². The van der Waals surface area contributed by atoms with Crippen LogP contribution in [0.5, 0.6) is 0 Å². The second kappa shape index (κ2) is 9.74. The predicted octanol–water partition coefficient (Wildman–Crippen LogP) is 3.83. The van der Waals surface area contributed by atoms with Crippen molar-refractivity contribution in [2.45, 2.75) is 58.7 Å². The number of hydrogen-bond acceptors (Lipinski definition) is 5. The van der Waals surface area contributed by atoms with Crippen LogP contribution < -0.4 is 5.32 Å². The lowest BCUT2D eigenvalue weighted by molar-refractivity contribution is -0.146. The zero-order chi connectivity index (χ0) is 19.8. The summed E-state index contributed by atoms with van der Waals surface area (Å²) in [5.41, 5.74) is 0.271. The third-order valence-electron chi connectivity index (χ3n) is 4.66. The molecule has 1 N–H and O–H groups in total. The Balaban J connectivity index is 1.82. The molecule has 6 heteroatoms. The van der Waals surface area contributed by atoms with Crippen molar-refractivity contribution in [3.05, 3.63) is 35.9 Å². The second-order valence-corrected chi connectivity index (χ2v) is 8.11. The molecule has 0 aliphatic carbocycles. The Hall–Kier alpha value is -2.08. The van der Waals surface area contributed by atoms with Crippen molar-refractivity contribution in [1.82, 2.24) is 5.32 Å². The lowest BCUT2D eigenvalue weighted by atomic mass is 9.76. The first-order valence-corrected chi connectivity index (χ1v) is 9.52. The van der Waals surface area contributed by atoms with E-state index >= 15 is 0 Å². The summed E-state index contributed by atoms with van der Waals surface area (Å²) in [7, 11) is 0. The van der Waals surface area contributed by atoms with Crippen LogP contribution in [0.25, 0.3) is 0 Å². The third-order valence-corrected chi connectivity index (χ3v) is 4.66. The molecule has 27 heavy (non-hydrogen) atoms. The van der Waals surface area contributed by atoms with E-state index in [2.05, 4.69) is 5.32 Å². The van der Waals surface area contributed by atoms with Crippen molar-refractivity contribution in [2.75, 3.05) is 19.8 Å². The van der Waals surface area contributed by atoms with Crippen molar-refractivity contribution < 1.29 is 23.8 Å². The number of amides is 1. The fourth-order valence-electron chi connectivity index (χ4n) is 3.07. The van der Waals surface area contributed by atoms with Gasteiger partial charge in [0.15, 0.2) is 0 Å². The van der Waals surface area contributed by atoms with Crippen molar-refractivity contribution in [3.8, 4) is 0 Å². The van der Waals surface area contributed by atoms with Gasteiger partial charge in [0, 0.05) is 26.2 Å². The minimum Gasteiger partial charge on any atom is -0.461 e. The molecule has 1 aromatic rings. The molecule has 1 saturated heterocycles. The fourth-order valence-corrected chi connectivity index (χ4v) is 3.07. The van der Waals surface area contributed by atoms with E-state index in [9.17, 15) is 9.59 Å². The average Bonchev–Trinajstić information content (AvgIpc) is 2.63. The van der Waals surface area contributed by atoms with E-state index in [1.165, 1.54) is 0 Å². The number of rotatable bonds is 7. The van der Waals surface area contributed by atoms with Crippen LogP contribution in [0.4, 0.5) is 4.79 Å². The number of carbonyl (C=O) groups excluding carboxylic acids is 2. The minimum absolute atomic E-state index is 0.166. The molecule has 1 aliphatic rings. The highest BCUT2D eigenvalue weighted by atomic mass is 16.6. The smallest absolute Gasteiger partial charge is 0.407 e. The van der Waals surface area contributed by atoms with Gasteiger partial charge in [-0.3, -0.25) is 4.79 Å². The number of hydrogen-bond donors (Lipinski definition) is 1. The Morgan fingerprint density at radius 1 is 1.15 bits per heavy atom. The lowest BCUT2D eigenvalue weighted by Crippen LogP contribution is -2.43. The van der Waals surface area contributed by atoms with Crippen LogP contribution in [0, 0.1) is 5.41 Å². The topological polar surface area (TPSA) is 73.9 Å². The molecule has 1 amide bonds. The standard InChI is InChI=1S/C21H31NO5/c1-20(2,3)27-19(24)22-16-21(11-13-25-14-12-21)10-9-18(23)26-15-17-7-5-4-6-8-17/h4-8H,9-16H2,1-3H3,(H,22,24). The van der Waals surface area contributed by atoms with Crippen LogP contribution in [0.1, 0.15) is 52.0 Å². The molecule has 1 aromatic carbocycles. The van der Waals surface area contributed by atoms with Gasteiger partial charge in [0.05, 0.1) is 0 Å². The van der Waals surface area contributed by atoms with E-state index in [0.717, 1.165) is 18.4 Å². The Morgan fingerprint density at radius 3 is 2.44 bits per heavy atom. The molecule has 6 nitrogen and oxygen atoms in total. The highest BCUT2D eigenvalue weighted by molar-refractivity contribution is 5.69. The highest BCUT2D eigenvalue weighted by Crippen LogP contribution is 2.35. The molecule has 150 valence electrons. The van der Waals surface area contributed by atoms with Gasteiger partial charge >= 0.3 is 12.1 Å². The monoisotopic (exact) mass is 377 g/mol. The first-order chi connectivity index (χ1) is 12.8. The summed E-state index contributed by atoms with van der Waals surface area (Å²) >= 11 is 0. The molecule has 1 heterocycles. The van der Waals surface area contributed by atoms with Crippen molar-refractivity contribution in [1.29, 1.82) is 0 Å². The number of nitrogens with one attached hydrogen (secondary N) is 1. The van der Waals surface area contributed by atoms with Gasteiger partial charge in [0.2, 0.25) is 0 Å². The van der Waals surface area contributed by atoms with Gasteiger partial charge in [-0.25, -0.2) is 4.79 Å². The Labute approximate surface area is 161 Å². The highest BCUT2D eigenvalue weighted by Gasteiger charge is 2.34. The van der Waals surface area contributed by atoms with E-state index in [0.29, 0.717) is 32.6 Å². The molecule has 2 rings (SSSR count). The van der Waals surface area contributed by atoms with Crippen LogP contribution >= 0.6 is 0 Å². The molecule has 0 bridgehead atoms. The first-order valence-electron chi connectivity index (χ1n) is 9.52. The SMILES string of the molecule is CC(C)(C)OC(=O)NCC1(CCC(=O)OCc2ccccc2)CCOCC1. The van der Waals surface area contributed by atoms with E-state index < -0.39 is 11.7 Å². The molecular weight excluding hydrogens is 346 g/mol. The molecule has 1 aliphatic heterocycles.